The lowest BCUT2D eigenvalue weighted by molar-refractivity contribution is -0.242. The Kier molecular flexibility index (Phi) is 4.41. The molecule has 0 spiro atoms. The van der Waals surface area contributed by atoms with E-state index < -0.39 is 45.1 Å². The van der Waals surface area contributed by atoms with Crippen molar-refractivity contribution in [1.82, 2.24) is 0 Å². The van der Waals surface area contributed by atoms with Gasteiger partial charge in [0.05, 0.1) is 12.6 Å². The molecular formula is C6H14NO8P. The minimum absolute atomic E-state index is 0.647. The van der Waals surface area contributed by atoms with Crippen LogP contribution in [0.2, 0.25) is 0 Å². The molecule has 0 aromatic rings. The second-order valence-corrected chi connectivity index (χ2v) is 4.57. The molecule has 7 N–H and O–H groups in total. The van der Waals surface area contributed by atoms with Gasteiger partial charge in [-0.05, 0) is 0 Å². The molecule has 0 aromatic heterocycles. The third kappa shape index (κ3) is 3.20. The fourth-order valence-electron chi connectivity index (χ4n) is 1.33. The van der Waals surface area contributed by atoms with E-state index in [-0.39, 0.29) is 0 Å². The maximum atomic E-state index is 10.6. The second kappa shape index (κ2) is 5.05. The van der Waals surface area contributed by atoms with E-state index in [4.69, 9.17) is 25.4 Å². The van der Waals surface area contributed by atoms with Crippen LogP contribution < -0.4 is 5.73 Å². The zero-order chi connectivity index (χ0) is 12.5. The molecule has 96 valence electrons. The number of aliphatic hydroxyl groups is 3. The second-order valence-electron chi connectivity index (χ2n) is 3.38. The first kappa shape index (κ1) is 14.0. The normalized spacial score (nSPS) is 41.0. The molecule has 0 amide bonds. The first-order chi connectivity index (χ1) is 7.26. The molecule has 5 atom stereocenters. The Labute approximate surface area is 90.6 Å². The minimum atomic E-state index is -4.83. The van der Waals surface area contributed by atoms with Crippen molar-refractivity contribution in [3.63, 3.8) is 0 Å². The van der Waals surface area contributed by atoms with E-state index in [0.717, 1.165) is 0 Å². The van der Waals surface area contributed by atoms with Gasteiger partial charge < -0.3 is 35.6 Å². The van der Waals surface area contributed by atoms with Crippen molar-refractivity contribution in [2.75, 3.05) is 6.61 Å². The Bertz CT molecular complexity index is 280. The number of phosphoric acid groups is 1. The third-order valence-corrected chi connectivity index (χ3v) is 2.65. The Morgan fingerprint density at radius 2 is 1.88 bits per heavy atom. The zero-order valence-corrected chi connectivity index (χ0v) is 8.97. The van der Waals surface area contributed by atoms with Gasteiger partial charge in [-0.15, -0.1) is 0 Å². The van der Waals surface area contributed by atoms with Crippen LogP contribution >= 0.6 is 7.82 Å². The number of aliphatic hydroxyl groups excluding tert-OH is 3. The highest BCUT2D eigenvalue weighted by Gasteiger charge is 2.45. The average molecular weight is 259 g/mol. The Balaban J connectivity index is 2.75. The Morgan fingerprint density at radius 3 is 2.31 bits per heavy atom. The van der Waals surface area contributed by atoms with Gasteiger partial charge in [-0.1, -0.05) is 0 Å². The van der Waals surface area contributed by atoms with Crippen LogP contribution in [0.15, 0.2) is 0 Å². The summed E-state index contributed by atoms with van der Waals surface area (Å²) in [5.74, 6) is 0. The summed E-state index contributed by atoms with van der Waals surface area (Å²) in [5, 5.41) is 27.6. The average Bonchev–Trinajstić information content (AvgIpc) is 2.17. The van der Waals surface area contributed by atoms with Crippen molar-refractivity contribution < 1.29 is 38.9 Å². The van der Waals surface area contributed by atoms with Gasteiger partial charge in [0.25, 0.3) is 0 Å². The van der Waals surface area contributed by atoms with Crippen molar-refractivity contribution in [3.05, 3.63) is 0 Å². The van der Waals surface area contributed by atoms with Crippen LogP contribution in [-0.2, 0) is 13.8 Å². The maximum absolute atomic E-state index is 10.6. The summed E-state index contributed by atoms with van der Waals surface area (Å²) in [6, 6.07) is -1.33. The Hall–Kier alpha value is -0.0900. The smallest absolute Gasteiger partial charge is 0.394 e. The number of nitrogens with two attached hydrogens (primary N) is 1. The summed E-state index contributed by atoms with van der Waals surface area (Å²) in [5.41, 5.74) is 5.35. The molecule has 1 aliphatic rings. The van der Waals surface area contributed by atoms with E-state index >= 15 is 0 Å². The molecule has 10 heteroatoms. The van der Waals surface area contributed by atoms with Crippen LogP contribution in [-0.4, -0.2) is 62.4 Å². The molecule has 16 heavy (non-hydrogen) atoms. The highest BCUT2D eigenvalue weighted by molar-refractivity contribution is 7.46. The molecule has 1 saturated heterocycles. The van der Waals surface area contributed by atoms with E-state index in [1.165, 1.54) is 0 Å². The topological polar surface area (TPSA) is 163 Å². The van der Waals surface area contributed by atoms with E-state index in [1.807, 2.05) is 0 Å². The van der Waals surface area contributed by atoms with Crippen LogP contribution in [0.3, 0.4) is 0 Å². The molecule has 0 aliphatic carbocycles. The number of phosphoric ester groups is 1. The molecule has 1 aliphatic heterocycles. The lowest BCUT2D eigenvalue weighted by Gasteiger charge is -2.40. The molecule has 9 nitrogen and oxygen atoms in total. The third-order valence-electron chi connectivity index (χ3n) is 2.17. The lowest BCUT2D eigenvalue weighted by Crippen LogP contribution is -2.62. The summed E-state index contributed by atoms with van der Waals surface area (Å²) in [4.78, 5) is 17.1. The molecule has 1 rings (SSSR count). The maximum Gasteiger partial charge on any atom is 0.471 e. The highest BCUT2D eigenvalue weighted by atomic mass is 31.2. The van der Waals surface area contributed by atoms with Crippen LogP contribution in [0.4, 0.5) is 0 Å². The van der Waals surface area contributed by atoms with Gasteiger partial charge in [-0.25, -0.2) is 4.57 Å². The quantitative estimate of drug-likeness (QED) is 0.287. The molecular weight excluding hydrogens is 245 g/mol. The summed E-state index contributed by atoms with van der Waals surface area (Å²) >= 11 is 0. The molecule has 0 aromatic carbocycles. The van der Waals surface area contributed by atoms with Gasteiger partial charge in [-0.2, -0.15) is 0 Å². The van der Waals surface area contributed by atoms with E-state index in [2.05, 4.69) is 4.52 Å². The Morgan fingerprint density at radius 1 is 1.31 bits per heavy atom. The number of hydrogen-bond acceptors (Lipinski definition) is 7. The number of rotatable bonds is 3. The van der Waals surface area contributed by atoms with Crippen LogP contribution in [0.25, 0.3) is 0 Å². The molecule has 0 unspecified atom stereocenters. The summed E-state index contributed by atoms with van der Waals surface area (Å²) in [6.45, 7) is -0.647. The standard InChI is InChI=1S/C6H14NO8P/c7-3-5(10)4(9)2(1-8)14-6(3)15-16(11,12)13/h2-6,8-10H,1,7H2,(H2,11,12,13)/t2-,3+,4-,5-,6+/m1/s1. The first-order valence-corrected chi connectivity index (χ1v) is 5.91. The van der Waals surface area contributed by atoms with E-state index in [9.17, 15) is 14.8 Å². The number of ether oxygens (including phenoxy) is 1. The summed E-state index contributed by atoms with van der Waals surface area (Å²) in [6.07, 6.45) is -5.78. The monoisotopic (exact) mass is 259 g/mol. The van der Waals surface area contributed by atoms with Crippen molar-refractivity contribution >= 4 is 7.82 Å². The summed E-state index contributed by atoms with van der Waals surface area (Å²) < 4.78 is 19.5. The molecule has 0 bridgehead atoms. The van der Waals surface area contributed by atoms with Crippen molar-refractivity contribution in [2.24, 2.45) is 5.73 Å². The van der Waals surface area contributed by atoms with Crippen molar-refractivity contribution in [1.29, 1.82) is 0 Å². The SMILES string of the molecule is N[C@@H]1[C@H](OP(=O)(O)O)O[C@H](CO)[C@@H](O)[C@@H]1O. The van der Waals surface area contributed by atoms with Crippen LogP contribution in [0, 0.1) is 0 Å². The van der Waals surface area contributed by atoms with Gasteiger partial charge in [0, 0.05) is 0 Å². The van der Waals surface area contributed by atoms with Gasteiger partial charge >= 0.3 is 7.82 Å². The fraction of sp³-hybridized carbons (Fsp3) is 1.00. The minimum Gasteiger partial charge on any atom is -0.394 e. The molecule has 1 heterocycles. The first-order valence-electron chi connectivity index (χ1n) is 4.38. The lowest BCUT2D eigenvalue weighted by atomic mass is 9.98. The van der Waals surface area contributed by atoms with Crippen molar-refractivity contribution in [2.45, 2.75) is 30.6 Å². The fourth-order valence-corrected chi connectivity index (χ4v) is 1.79. The predicted molar refractivity (Wildman–Crippen MR) is 48.9 cm³/mol. The van der Waals surface area contributed by atoms with Crippen LogP contribution in [0.1, 0.15) is 0 Å². The largest absolute Gasteiger partial charge is 0.471 e. The molecule has 0 saturated carbocycles. The molecule has 0 radical (unpaired) electrons. The highest BCUT2D eigenvalue weighted by Crippen LogP contribution is 2.40. The predicted octanol–water partition coefficient (Wildman–Crippen LogP) is -3.14. The van der Waals surface area contributed by atoms with Crippen molar-refractivity contribution in [3.8, 4) is 0 Å². The van der Waals surface area contributed by atoms with Gasteiger partial charge in [0.15, 0.2) is 6.29 Å². The zero-order valence-electron chi connectivity index (χ0n) is 8.08. The van der Waals surface area contributed by atoms with Gasteiger partial charge in [-0.3, -0.25) is 4.52 Å². The van der Waals surface area contributed by atoms with Gasteiger partial charge in [0.1, 0.15) is 18.3 Å². The summed E-state index contributed by atoms with van der Waals surface area (Å²) in [7, 11) is -4.83. The van der Waals surface area contributed by atoms with E-state index in [0.29, 0.717) is 0 Å². The number of hydrogen-bond donors (Lipinski definition) is 6. The molecule has 1 fully saturated rings. The van der Waals surface area contributed by atoms with Crippen LogP contribution in [0.5, 0.6) is 0 Å². The van der Waals surface area contributed by atoms with E-state index in [1.54, 1.807) is 0 Å². The van der Waals surface area contributed by atoms with Gasteiger partial charge in [0.2, 0.25) is 0 Å².